The maximum absolute atomic E-state index is 12.3. The summed E-state index contributed by atoms with van der Waals surface area (Å²) in [7, 11) is 0. The molecule has 2 heterocycles. The second-order valence-electron chi connectivity index (χ2n) is 7.88. The molecule has 0 radical (unpaired) electrons. The van der Waals surface area contributed by atoms with Crippen molar-refractivity contribution < 1.29 is 4.74 Å². The van der Waals surface area contributed by atoms with Crippen LogP contribution in [-0.4, -0.2) is 16.2 Å². The second-order valence-corrected chi connectivity index (χ2v) is 7.88. The minimum atomic E-state index is 0.0407. The van der Waals surface area contributed by atoms with Gasteiger partial charge in [0.05, 0.1) is 12.8 Å². The number of aromatic nitrogens is 2. The van der Waals surface area contributed by atoms with Crippen molar-refractivity contribution >= 4 is 11.0 Å². The summed E-state index contributed by atoms with van der Waals surface area (Å²) in [6.07, 6.45) is 4.82. The van der Waals surface area contributed by atoms with Crippen molar-refractivity contribution in [1.82, 2.24) is 9.55 Å². The first kappa shape index (κ1) is 16.0. The normalized spacial score (nSPS) is 17.4. The van der Waals surface area contributed by atoms with E-state index in [1.54, 1.807) is 12.3 Å². The summed E-state index contributed by atoms with van der Waals surface area (Å²) in [4.78, 5) is 16.8. The van der Waals surface area contributed by atoms with Crippen LogP contribution in [0.2, 0.25) is 0 Å². The molecule has 4 heteroatoms. The fourth-order valence-electron chi connectivity index (χ4n) is 3.37. The predicted octanol–water partition coefficient (Wildman–Crippen LogP) is 4.18. The summed E-state index contributed by atoms with van der Waals surface area (Å²) >= 11 is 0. The zero-order chi connectivity index (χ0) is 16.6. The van der Waals surface area contributed by atoms with Gasteiger partial charge < -0.3 is 4.74 Å². The number of ether oxygens (including phenoxy) is 1. The molecule has 1 saturated carbocycles. The number of nitrogens with zero attached hydrogens (tertiary/aromatic N) is 2. The lowest BCUT2D eigenvalue weighted by molar-refractivity contribution is 0.104. The van der Waals surface area contributed by atoms with Crippen LogP contribution >= 0.6 is 0 Å². The molecule has 0 aliphatic heterocycles. The molecule has 1 fully saturated rings. The summed E-state index contributed by atoms with van der Waals surface area (Å²) in [6, 6.07) is 5.75. The summed E-state index contributed by atoms with van der Waals surface area (Å²) in [5.74, 6) is 1.40. The third kappa shape index (κ3) is 3.41. The molecule has 3 rings (SSSR count). The van der Waals surface area contributed by atoms with E-state index >= 15 is 0 Å². The van der Waals surface area contributed by atoms with E-state index in [1.165, 1.54) is 0 Å². The minimum absolute atomic E-state index is 0.0407. The molecule has 124 valence electrons. The van der Waals surface area contributed by atoms with Gasteiger partial charge in [0.1, 0.15) is 11.4 Å². The zero-order valence-corrected chi connectivity index (χ0v) is 14.5. The average molecular weight is 314 g/mol. The van der Waals surface area contributed by atoms with Crippen LogP contribution in [0.5, 0.6) is 5.75 Å². The average Bonchev–Trinajstić information content (AvgIpc) is 2.44. The van der Waals surface area contributed by atoms with Crippen molar-refractivity contribution in [2.24, 2.45) is 11.3 Å². The Labute approximate surface area is 137 Å². The Hall–Kier alpha value is -1.84. The first-order chi connectivity index (χ1) is 10.9. The molecule has 0 unspecified atom stereocenters. The van der Waals surface area contributed by atoms with Crippen molar-refractivity contribution in [3.05, 3.63) is 34.7 Å². The summed E-state index contributed by atoms with van der Waals surface area (Å²) in [5.41, 5.74) is 1.14. The molecular formula is C19H26N2O2. The summed E-state index contributed by atoms with van der Waals surface area (Å²) in [6.45, 7) is 9.55. The molecule has 0 amide bonds. The van der Waals surface area contributed by atoms with Gasteiger partial charge in [-0.15, -0.1) is 0 Å². The Morgan fingerprint density at radius 1 is 1.35 bits per heavy atom. The number of fused-ring (bicyclic) bond motifs is 1. The van der Waals surface area contributed by atoms with Gasteiger partial charge in [-0.2, -0.15) is 0 Å². The van der Waals surface area contributed by atoms with Crippen LogP contribution < -0.4 is 10.3 Å². The molecule has 0 bridgehead atoms. The van der Waals surface area contributed by atoms with Gasteiger partial charge in [0, 0.05) is 17.5 Å². The molecular weight excluding hydrogens is 288 g/mol. The van der Waals surface area contributed by atoms with Gasteiger partial charge >= 0.3 is 0 Å². The van der Waals surface area contributed by atoms with Crippen LogP contribution in [0.4, 0.5) is 0 Å². The van der Waals surface area contributed by atoms with Crippen LogP contribution in [0.3, 0.4) is 0 Å². The van der Waals surface area contributed by atoms with Crippen molar-refractivity contribution in [3.63, 3.8) is 0 Å². The van der Waals surface area contributed by atoms with E-state index in [-0.39, 0.29) is 11.6 Å². The topological polar surface area (TPSA) is 44.1 Å². The first-order valence-corrected chi connectivity index (χ1v) is 8.50. The van der Waals surface area contributed by atoms with E-state index in [2.05, 4.69) is 32.7 Å². The van der Waals surface area contributed by atoms with E-state index in [0.717, 1.165) is 36.0 Å². The predicted molar refractivity (Wildman–Crippen MR) is 93.0 cm³/mol. The van der Waals surface area contributed by atoms with Gasteiger partial charge in [0.15, 0.2) is 0 Å². The van der Waals surface area contributed by atoms with Crippen molar-refractivity contribution in [2.45, 2.75) is 53.0 Å². The van der Waals surface area contributed by atoms with Gasteiger partial charge in [0.2, 0.25) is 0 Å². The molecule has 2 aromatic rings. The zero-order valence-electron chi connectivity index (χ0n) is 14.5. The fourth-order valence-corrected chi connectivity index (χ4v) is 3.37. The van der Waals surface area contributed by atoms with Gasteiger partial charge in [-0.1, -0.05) is 27.7 Å². The molecule has 4 nitrogen and oxygen atoms in total. The third-order valence-corrected chi connectivity index (χ3v) is 4.65. The van der Waals surface area contributed by atoms with Crippen LogP contribution in [0.1, 0.15) is 53.0 Å². The molecule has 1 aliphatic rings. The number of hydrogen-bond acceptors (Lipinski definition) is 3. The number of pyridine rings is 2. The lowest BCUT2D eigenvalue weighted by Crippen LogP contribution is -2.38. The molecule has 0 N–H and O–H groups in total. The SMILES string of the molecule is CC(C)CCOc1cnc2c(ccc(=O)n2C2CC(C)(C)C2)c1. The van der Waals surface area contributed by atoms with Gasteiger partial charge in [-0.3, -0.25) is 9.36 Å². The second kappa shape index (κ2) is 5.99. The molecule has 2 aromatic heterocycles. The summed E-state index contributed by atoms with van der Waals surface area (Å²) in [5, 5.41) is 0.969. The van der Waals surface area contributed by atoms with Gasteiger partial charge in [-0.05, 0) is 42.7 Å². The van der Waals surface area contributed by atoms with Crippen LogP contribution in [0, 0.1) is 11.3 Å². The monoisotopic (exact) mass is 314 g/mol. The lowest BCUT2D eigenvalue weighted by atomic mass is 9.68. The van der Waals surface area contributed by atoms with Crippen LogP contribution in [-0.2, 0) is 0 Å². The largest absolute Gasteiger partial charge is 0.492 e. The van der Waals surface area contributed by atoms with E-state index in [0.29, 0.717) is 17.9 Å². The van der Waals surface area contributed by atoms with E-state index in [9.17, 15) is 4.79 Å². The highest BCUT2D eigenvalue weighted by Gasteiger charge is 2.38. The Morgan fingerprint density at radius 2 is 2.09 bits per heavy atom. The maximum Gasteiger partial charge on any atom is 0.252 e. The lowest BCUT2D eigenvalue weighted by Gasteiger charge is -2.43. The van der Waals surface area contributed by atoms with Crippen molar-refractivity contribution in [3.8, 4) is 5.75 Å². The van der Waals surface area contributed by atoms with Crippen LogP contribution in [0.15, 0.2) is 29.2 Å². The standard InChI is InChI=1S/C19H26N2O2/c1-13(2)7-8-23-16-9-14-5-6-17(22)21(18(14)20-12-16)15-10-19(3,4)11-15/h5-6,9,12-13,15H,7-8,10-11H2,1-4H3. The number of rotatable bonds is 5. The molecule has 1 aliphatic carbocycles. The quantitative estimate of drug-likeness (QED) is 0.831. The van der Waals surface area contributed by atoms with Crippen molar-refractivity contribution in [2.75, 3.05) is 6.61 Å². The smallest absolute Gasteiger partial charge is 0.252 e. The maximum atomic E-state index is 12.3. The number of hydrogen-bond donors (Lipinski definition) is 0. The van der Waals surface area contributed by atoms with Crippen molar-refractivity contribution in [1.29, 1.82) is 0 Å². The highest BCUT2D eigenvalue weighted by Crippen LogP contribution is 2.47. The Morgan fingerprint density at radius 3 is 2.74 bits per heavy atom. The Kier molecular flexibility index (Phi) is 4.17. The highest BCUT2D eigenvalue weighted by atomic mass is 16.5. The first-order valence-electron chi connectivity index (χ1n) is 8.50. The van der Waals surface area contributed by atoms with E-state index in [1.807, 2.05) is 16.7 Å². The Balaban J connectivity index is 1.87. The molecule has 23 heavy (non-hydrogen) atoms. The van der Waals surface area contributed by atoms with Gasteiger partial charge in [0.25, 0.3) is 5.56 Å². The molecule has 0 atom stereocenters. The molecule has 0 saturated heterocycles. The molecule has 0 spiro atoms. The highest BCUT2D eigenvalue weighted by molar-refractivity contribution is 5.76. The minimum Gasteiger partial charge on any atom is -0.492 e. The summed E-state index contributed by atoms with van der Waals surface area (Å²) < 4.78 is 7.64. The fraction of sp³-hybridized carbons (Fsp3) is 0.579. The molecule has 0 aromatic carbocycles. The van der Waals surface area contributed by atoms with E-state index < -0.39 is 0 Å². The Bertz CT molecular complexity index is 754. The van der Waals surface area contributed by atoms with Gasteiger partial charge in [-0.25, -0.2) is 4.98 Å². The third-order valence-electron chi connectivity index (χ3n) is 4.65. The van der Waals surface area contributed by atoms with E-state index in [4.69, 9.17) is 4.74 Å². The van der Waals surface area contributed by atoms with Crippen LogP contribution in [0.25, 0.3) is 11.0 Å².